The maximum absolute atomic E-state index is 3.56. The van der Waals surface area contributed by atoms with Crippen molar-refractivity contribution in [3.63, 3.8) is 0 Å². The Labute approximate surface area is 131 Å². The first kappa shape index (κ1) is 12.7. The van der Waals surface area contributed by atoms with Crippen molar-refractivity contribution in [2.45, 2.75) is 6.42 Å². The van der Waals surface area contributed by atoms with Gasteiger partial charge in [-0.3, -0.25) is 0 Å². The van der Waals surface area contributed by atoms with Crippen molar-refractivity contribution in [3.8, 4) is 0 Å². The molecule has 0 fully saturated rings. The molecule has 1 N–H and O–H groups in total. The summed E-state index contributed by atoms with van der Waals surface area (Å²) >= 11 is 3.56. The number of hydrogen-bond donors (Lipinski definition) is 1. The van der Waals surface area contributed by atoms with Gasteiger partial charge in [-0.25, -0.2) is 0 Å². The first-order valence-electron chi connectivity index (χ1n) is 7.03. The minimum atomic E-state index is 0.946. The summed E-state index contributed by atoms with van der Waals surface area (Å²) in [6, 6.07) is 21.6. The van der Waals surface area contributed by atoms with Crippen LogP contribution in [0.4, 0.5) is 0 Å². The largest absolute Gasteiger partial charge is 0.361 e. The zero-order valence-corrected chi connectivity index (χ0v) is 13.0. The van der Waals surface area contributed by atoms with Crippen LogP contribution in [0.1, 0.15) is 11.1 Å². The van der Waals surface area contributed by atoms with Crippen LogP contribution in [0, 0.1) is 0 Å². The molecule has 0 aliphatic heterocycles. The van der Waals surface area contributed by atoms with Crippen molar-refractivity contribution >= 4 is 37.6 Å². The Morgan fingerprint density at radius 3 is 2.62 bits per heavy atom. The lowest BCUT2D eigenvalue weighted by atomic mass is 10.0. The van der Waals surface area contributed by atoms with Gasteiger partial charge in [-0.1, -0.05) is 58.4 Å². The highest BCUT2D eigenvalue weighted by Gasteiger charge is 2.05. The van der Waals surface area contributed by atoms with Gasteiger partial charge in [0.05, 0.1) is 0 Å². The summed E-state index contributed by atoms with van der Waals surface area (Å²) in [5, 5.41) is 3.89. The molecule has 1 heterocycles. The quantitative estimate of drug-likeness (QED) is 0.485. The maximum atomic E-state index is 3.56. The van der Waals surface area contributed by atoms with E-state index < -0.39 is 0 Å². The van der Waals surface area contributed by atoms with Gasteiger partial charge >= 0.3 is 0 Å². The number of H-pyrrole nitrogens is 1. The molecule has 0 spiro atoms. The summed E-state index contributed by atoms with van der Waals surface area (Å²) in [6.07, 6.45) is 3.06. The van der Waals surface area contributed by atoms with E-state index in [0.717, 1.165) is 10.9 Å². The average molecular weight is 336 g/mol. The Bertz CT molecular complexity index is 937. The molecule has 2 heteroatoms. The van der Waals surface area contributed by atoms with E-state index in [2.05, 4.69) is 87.8 Å². The molecule has 0 radical (unpaired) electrons. The molecule has 21 heavy (non-hydrogen) atoms. The van der Waals surface area contributed by atoms with Gasteiger partial charge in [0.2, 0.25) is 0 Å². The standard InChI is InChI=1S/C19H14BrN/c20-17-7-8-19-18(11-17)16(12-21-19)10-13-5-6-14-3-1-2-4-15(14)9-13/h1-9,11-12,21H,10H2. The summed E-state index contributed by atoms with van der Waals surface area (Å²) < 4.78 is 1.12. The first-order valence-corrected chi connectivity index (χ1v) is 7.82. The van der Waals surface area contributed by atoms with Gasteiger partial charge in [0, 0.05) is 21.6 Å². The Kier molecular flexibility index (Phi) is 3.04. The fourth-order valence-electron chi connectivity index (χ4n) is 2.87. The van der Waals surface area contributed by atoms with Crippen LogP contribution in [0.3, 0.4) is 0 Å². The Hall–Kier alpha value is -2.06. The highest BCUT2D eigenvalue weighted by atomic mass is 79.9. The molecule has 0 bridgehead atoms. The number of fused-ring (bicyclic) bond motifs is 2. The van der Waals surface area contributed by atoms with Gasteiger partial charge in [-0.15, -0.1) is 0 Å². The molecule has 4 aromatic rings. The van der Waals surface area contributed by atoms with E-state index in [1.54, 1.807) is 0 Å². The highest BCUT2D eigenvalue weighted by molar-refractivity contribution is 9.10. The normalized spacial score (nSPS) is 11.3. The predicted octanol–water partition coefficient (Wildman–Crippen LogP) is 5.67. The van der Waals surface area contributed by atoms with Crippen LogP contribution in [0.5, 0.6) is 0 Å². The fraction of sp³-hybridized carbons (Fsp3) is 0.0526. The summed E-state index contributed by atoms with van der Waals surface area (Å²) in [4.78, 5) is 3.35. The number of aromatic nitrogens is 1. The topological polar surface area (TPSA) is 15.8 Å². The zero-order valence-electron chi connectivity index (χ0n) is 11.4. The van der Waals surface area contributed by atoms with Crippen LogP contribution < -0.4 is 0 Å². The third-order valence-corrected chi connectivity index (χ3v) is 4.43. The first-order chi connectivity index (χ1) is 10.3. The van der Waals surface area contributed by atoms with Crippen molar-refractivity contribution in [2.24, 2.45) is 0 Å². The number of halogens is 1. The van der Waals surface area contributed by atoms with Gasteiger partial charge in [0.15, 0.2) is 0 Å². The number of hydrogen-bond acceptors (Lipinski definition) is 0. The molecule has 0 unspecified atom stereocenters. The molecule has 102 valence electrons. The molecule has 4 rings (SSSR count). The molecule has 0 saturated carbocycles. The summed E-state index contributed by atoms with van der Waals surface area (Å²) in [5.74, 6) is 0. The van der Waals surface area contributed by atoms with Crippen LogP contribution in [-0.2, 0) is 6.42 Å². The molecule has 0 aliphatic rings. The van der Waals surface area contributed by atoms with Gasteiger partial charge in [-0.2, -0.15) is 0 Å². The van der Waals surface area contributed by atoms with E-state index in [9.17, 15) is 0 Å². The van der Waals surface area contributed by atoms with E-state index in [-0.39, 0.29) is 0 Å². The van der Waals surface area contributed by atoms with Gasteiger partial charge in [-0.05, 0) is 46.5 Å². The third kappa shape index (κ3) is 2.36. The minimum absolute atomic E-state index is 0.946. The van der Waals surface area contributed by atoms with Gasteiger partial charge in [0.1, 0.15) is 0 Å². The lowest BCUT2D eigenvalue weighted by Crippen LogP contribution is -1.87. The predicted molar refractivity (Wildman–Crippen MR) is 92.8 cm³/mol. The number of nitrogens with one attached hydrogen (secondary N) is 1. The molecule has 1 aromatic heterocycles. The van der Waals surface area contributed by atoms with Crippen molar-refractivity contribution in [3.05, 3.63) is 82.5 Å². The average Bonchev–Trinajstić information content (AvgIpc) is 2.89. The molecular formula is C19H14BrN. The monoisotopic (exact) mass is 335 g/mol. The number of rotatable bonds is 2. The number of benzene rings is 3. The highest BCUT2D eigenvalue weighted by Crippen LogP contribution is 2.25. The number of aromatic amines is 1. The van der Waals surface area contributed by atoms with Crippen molar-refractivity contribution < 1.29 is 0 Å². The Morgan fingerprint density at radius 2 is 1.71 bits per heavy atom. The second kappa shape index (κ2) is 5.05. The molecular weight excluding hydrogens is 322 g/mol. The second-order valence-electron chi connectivity index (χ2n) is 5.36. The van der Waals surface area contributed by atoms with Gasteiger partial charge in [0.25, 0.3) is 0 Å². The molecule has 0 atom stereocenters. The van der Waals surface area contributed by atoms with Crippen LogP contribution in [-0.4, -0.2) is 4.98 Å². The lowest BCUT2D eigenvalue weighted by molar-refractivity contribution is 1.21. The van der Waals surface area contributed by atoms with Crippen LogP contribution in [0.15, 0.2) is 71.3 Å². The van der Waals surface area contributed by atoms with E-state index >= 15 is 0 Å². The van der Waals surface area contributed by atoms with E-state index in [1.165, 1.54) is 32.8 Å². The Morgan fingerprint density at radius 1 is 0.857 bits per heavy atom. The van der Waals surface area contributed by atoms with Crippen molar-refractivity contribution in [1.82, 2.24) is 4.98 Å². The summed E-state index contributed by atoms with van der Waals surface area (Å²) in [6.45, 7) is 0. The van der Waals surface area contributed by atoms with Crippen LogP contribution in [0.2, 0.25) is 0 Å². The minimum Gasteiger partial charge on any atom is -0.361 e. The molecule has 3 aromatic carbocycles. The Balaban J connectivity index is 1.77. The molecule has 1 nitrogen and oxygen atoms in total. The van der Waals surface area contributed by atoms with E-state index in [4.69, 9.17) is 0 Å². The maximum Gasteiger partial charge on any atom is 0.0457 e. The van der Waals surface area contributed by atoms with Crippen molar-refractivity contribution in [2.75, 3.05) is 0 Å². The lowest BCUT2D eigenvalue weighted by Gasteiger charge is -2.04. The smallest absolute Gasteiger partial charge is 0.0457 e. The van der Waals surface area contributed by atoms with Gasteiger partial charge < -0.3 is 4.98 Å². The molecule has 0 amide bonds. The fourth-order valence-corrected chi connectivity index (χ4v) is 3.23. The van der Waals surface area contributed by atoms with E-state index in [0.29, 0.717) is 0 Å². The zero-order chi connectivity index (χ0) is 14.2. The summed E-state index contributed by atoms with van der Waals surface area (Å²) in [7, 11) is 0. The third-order valence-electron chi connectivity index (χ3n) is 3.94. The van der Waals surface area contributed by atoms with Crippen molar-refractivity contribution in [1.29, 1.82) is 0 Å². The molecule has 0 aliphatic carbocycles. The van der Waals surface area contributed by atoms with Crippen LogP contribution >= 0.6 is 15.9 Å². The SMILES string of the molecule is Brc1ccc2[nH]cc(Cc3ccc4ccccc4c3)c2c1. The summed E-state index contributed by atoms with van der Waals surface area (Å²) in [5.41, 5.74) is 3.87. The second-order valence-corrected chi connectivity index (χ2v) is 6.28. The molecule has 0 saturated heterocycles. The van der Waals surface area contributed by atoms with Crippen LogP contribution in [0.25, 0.3) is 21.7 Å². The van der Waals surface area contributed by atoms with E-state index in [1.807, 2.05) is 0 Å².